The lowest BCUT2D eigenvalue weighted by Crippen LogP contribution is -2.23. The van der Waals surface area contributed by atoms with Crippen molar-refractivity contribution in [3.05, 3.63) is 16.2 Å². The number of hydrogen-bond acceptors (Lipinski definition) is 6. The quantitative estimate of drug-likeness (QED) is 0.413. The molecule has 20 heavy (non-hydrogen) atoms. The van der Waals surface area contributed by atoms with Crippen LogP contribution < -0.4 is 10.0 Å². The molecule has 0 atom stereocenters. The van der Waals surface area contributed by atoms with Gasteiger partial charge in [0, 0.05) is 19.2 Å². The molecule has 0 bridgehead atoms. The third-order valence-corrected chi connectivity index (χ3v) is 5.53. The molecule has 114 valence electrons. The minimum absolute atomic E-state index is 0.0288. The van der Waals surface area contributed by atoms with Crippen LogP contribution in [0.15, 0.2) is 10.3 Å². The van der Waals surface area contributed by atoms with Crippen LogP contribution in [0.5, 0.6) is 0 Å². The van der Waals surface area contributed by atoms with Crippen LogP contribution in [0, 0.1) is 10.1 Å². The van der Waals surface area contributed by atoms with Gasteiger partial charge in [-0.1, -0.05) is 31.6 Å². The number of hydrogen-bond donors (Lipinski definition) is 2. The lowest BCUT2D eigenvalue weighted by molar-refractivity contribution is -0.383. The predicted molar refractivity (Wildman–Crippen MR) is 79.9 cm³/mol. The molecule has 1 aromatic heterocycles. The summed E-state index contributed by atoms with van der Waals surface area (Å²) in [5.41, 5.74) is -0.195. The van der Waals surface area contributed by atoms with Crippen LogP contribution in [0.3, 0.4) is 0 Å². The molecule has 0 saturated heterocycles. The van der Waals surface area contributed by atoms with Crippen LogP contribution in [-0.4, -0.2) is 26.4 Å². The third kappa shape index (κ3) is 4.43. The summed E-state index contributed by atoms with van der Waals surface area (Å²) in [7, 11) is -3.67. The van der Waals surface area contributed by atoms with E-state index in [0.717, 1.165) is 36.7 Å². The van der Waals surface area contributed by atoms with Gasteiger partial charge in [-0.25, -0.2) is 13.1 Å². The van der Waals surface area contributed by atoms with Crippen LogP contribution in [0.4, 0.5) is 10.7 Å². The van der Waals surface area contributed by atoms with E-state index in [1.165, 1.54) is 0 Å². The van der Waals surface area contributed by atoms with Crippen molar-refractivity contribution < 1.29 is 13.3 Å². The van der Waals surface area contributed by atoms with E-state index in [0.29, 0.717) is 13.1 Å². The first kappa shape index (κ1) is 16.9. The van der Waals surface area contributed by atoms with Gasteiger partial charge < -0.3 is 5.32 Å². The Balaban J connectivity index is 2.97. The van der Waals surface area contributed by atoms with E-state index >= 15 is 0 Å². The second-order valence-corrected chi connectivity index (χ2v) is 7.26. The van der Waals surface area contributed by atoms with E-state index in [9.17, 15) is 18.5 Å². The molecule has 7 nitrogen and oxygen atoms in total. The van der Waals surface area contributed by atoms with Crippen LogP contribution in [0.1, 0.15) is 33.1 Å². The van der Waals surface area contributed by atoms with Crippen LogP contribution in [0.2, 0.25) is 0 Å². The van der Waals surface area contributed by atoms with E-state index in [1.54, 1.807) is 0 Å². The number of rotatable bonds is 9. The first-order valence-corrected chi connectivity index (χ1v) is 8.74. The molecule has 1 heterocycles. The minimum atomic E-state index is -3.67. The maximum absolute atomic E-state index is 12.0. The molecule has 0 aromatic carbocycles. The molecule has 0 unspecified atom stereocenters. The highest BCUT2D eigenvalue weighted by molar-refractivity contribution is 7.91. The molecule has 0 amide bonds. The summed E-state index contributed by atoms with van der Waals surface area (Å²) in [5, 5.41) is 14.1. The van der Waals surface area contributed by atoms with Crippen molar-refractivity contribution in [3.63, 3.8) is 0 Å². The highest BCUT2D eigenvalue weighted by Gasteiger charge is 2.25. The molecule has 0 spiro atoms. The second-order valence-electron chi connectivity index (χ2n) is 4.22. The highest BCUT2D eigenvalue weighted by atomic mass is 32.2. The minimum Gasteiger partial charge on any atom is -0.371 e. The van der Waals surface area contributed by atoms with Gasteiger partial charge in [0.25, 0.3) is 0 Å². The van der Waals surface area contributed by atoms with Crippen molar-refractivity contribution in [3.8, 4) is 0 Å². The first-order valence-electron chi connectivity index (χ1n) is 6.44. The van der Waals surface area contributed by atoms with Crippen molar-refractivity contribution >= 4 is 32.0 Å². The Morgan fingerprint density at radius 1 is 1.30 bits per heavy atom. The Morgan fingerprint density at radius 2 is 2.00 bits per heavy atom. The summed E-state index contributed by atoms with van der Waals surface area (Å²) in [6, 6.07) is 1.11. The Morgan fingerprint density at radius 3 is 2.55 bits per heavy atom. The van der Waals surface area contributed by atoms with Crippen molar-refractivity contribution in [2.45, 2.75) is 37.3 Å². The van der Waals surface area contributed by atoms with E-state index in [4.69, 9.17) is 0 Å². The average Bonchev–Trinajstić information content (AvgIpc) is 2.81. The lowest BCUT2D eigenvalue weighted by Gasteiger charge is -2.02. The summed E-state index contributed by atoms with van der Waals surface area (Å²) < 4.78 is 26.5. The van der Waals surface area contributed by atoms with Gasteiger partial charge >= 0.3 is 5.69 Å². The molecule has 0 aliphatic carbocycles. The smallest absolute Gasteiger partial charge is 0.304 e. The summed E-state index contributed by atoms with van der Waals surface area (Å²) in [4.78, 5) is 10.4. The highest BCUT2D eigenvalue weighted by Crippen LogP contribution is 2.36. The topological polar surface area (TPSA) is 101 Å². The number of thiophene rings is 1. The fourth-order valence-electron chi connectivity index (χ4n) is 1.45. The molecule has 9 heteroatoms. The number of sulfonamides is 1. The standard InChI is InChI=1S/C11H19N3O4S2/c1-3-5-7-13-20(17,18)10-8-9(14(15)16)11(19-10)12-6-4-2/h8,12-13H,3-7H2,1-2H3. The third-order valence-electron chi connectivity index (χ3n) is 2.51. The Kier molecular flexibility index (Phi) is 6.37. The van der Waals surface area contributed by atoms with Gasteiger partial charge in [-0.3, -0.25) is 10.1 Å². The number of nitro groups is 1. The molecular weight excluding hydrogens is 302 g/mol. The molecule has 2 N–H and O–H groups in total. The maximum atomic E-state index is 12.0. The van der Waals surface area contributed by atoms with Crippen molar-refractivity contribution in [2.75, 3.05) is 18.4 Å². The second kappa shape index (κ2) is 7.55. The van der Waals surface area contributed by atoms with Crippen molar-refractivity contribution in [1.82, 2.24) is 4.72 Å². The molecule has 1 aromatic rings. The Bertz CT molecular complexity index is 554. The number of unbranched alkanes of at least 4 members (excludes halogenated alkanes) is 1. The number of nitrogens with zero attached hydrogens (tertiary/aromatic N) is 1. The number of nitrogens with one attached hydrogen (secondary N) is 2. The molecule has 0 aliphatic heterocycles. The van der Waals surface area contributed by atoms with Crippen LogP contribution in [0.25, 0.3) is 0 Å². The lowest BCUT2D eigenvalue weighted by atomic mass is 10.3. The summed E-state index contributed by atoms with van der Waals surface area (Å²) in [6.07, 6.45) is 2.40. The van der Waals surface area contributed by atoms with Crippen LogP contribution in [-0.2, 0) is 10.0 Å². The van der Waals surface area contributed by atoms with Gasteiger partial charge in [0.1, 0.15) is 4.21 Å². The van der Waals surface area contributed by atoms with Crippen LogP contribution >= 0.6 is 11.3 Å². The Hall–Kier alpha value is -1.19. The summed E-state index contributed by atoms with van der Waals surface area (Å²) in [5.74, 6) is 0. The zero-order chi connectivity index (χ0) is 15.2. The molecule has 0 saturated carbocycles. The monoisotopic (exact) mass is 321 g/mol. The summed E-state index contributed by atoms with van der Waals surface area (Å²) >= 11 is 0.890. The molecule has 1 rings (SSSR count). The fraction of sp³-hybridized carbons (Fsp3) is 0.636. The summed E-state index contributed by atoms with van der Waals surface area (Å²) in [6.45, 7) is 4.78. The first-order chi connectivity index (χ1) is 9.42. The molecular formula is C11H19N3O4S2. The van der Waals surface area contributed by atoms with Crippen molar-refractivity contribution in [2.24, 2.45) is 0 Å². The van der Waals surface area contributed by atoms with Gasteiger partial charge in [0.2, 0.25) is 10.0 Å². The molecule has 0 radical (unpaired) electrons. The number of anilines is 1. The fourth-order valence-corrected chi connectivity index (χ4v) is 3.92. The molecule has 0 fully saturated rings. The van der Waals surface area contributed by atoms with E-state index in [-0.39, 0.29) is 14.9 Å². The maximum Gasteiger partial charge on any atom is 0.304 e. The average molecular weight is 321 g/mol. The van der Waals surface area contributed by atoms with E-state index in [1.807, 2.05) is 13.8 Å². The van der Waals surface area contributed by atoms with E-state index in [2.05, 4.69) is 10.0 Å². The van der Waals surface area contributed by atoms with Gasteiger partial charge in [-0.15, -0.1) is 0 Å². The SMILES string of the molecule is CCCCNS(=O)(=O)c1cc([N+](=O)[O-])c(NCCC)s1. The zero-order valence-corrected chi connectivity index (χ0v) is 13.1. The van der Waals surface area contributed by atoms with Gasteiger partial charge in [0.15, 0.2) is 5.00 Å². The Labute approximate surface area is 122 Å². The zero-order valence-electron chi connectivity index (χ0n) is 11.5. The van der Waals surface area contributed by atoms with Gasteiger partial charge in [0.05, 0.1) is 4.92 Å². The predicted octanol–water partition coefficient (Wildman–Crippen LogP) is 2.56. The van der Waals surface area contributed by atoms with Crippen molar-refractivity contribution in [1.29, 1.82) is 0 Å². The van der Waals surface area contributed by atoms with Gasteiger partial charge in [-0.05, 0) is 12.8 Å². The normalized spacial score (nSPS) is 11.5. The van der Waals surface area contributed by atoms with Gasteiger partial charge in [-0.2, -0.15) is 0 Å². The molecule has 0 aliphatic rings. The largest absolute Gasteiger partial charge is 0.371 e. The van der Waals surface area contributed by atoms with E-state index < -0.39 is 14.9 Å².